The van der Waals surface area contributed by atoms with Crippen LogP contribution in [0.4, 0.5) is 44.3 Å². The third-order valence-electron chi connectivity index (χ3n) is 9.76. The number of rotatable bonds is 13. The number of alkyl halides is 9. The number of aromatic nitrogens is 5. The molecule has 300 valence electrons. The zero-order chi connectivity index (χ0) is 41.0. The lowest BCUT2D eigenvalue weighted by Gasteiger charge is -2.37. The molecule has 22 heteroatoms. The first kappa shape index (κ1) is 40.3. The van der Waals surface area contributed by atoms with E-state index in [0.29, 0.717) is 15.1 Å². The minimum Gasteiger partial charge on any atom is -0.447 e. The molecule has 0 radical (unpaired) electrons. The quantitative estimate of drug-likeness (QED) is 0.116. The highest BCUT2D eigenvalue weighted by Gasteiger charge is 2.60. The molecule has 0 spiro atoms. The Kier molecular flexibility index (Phi) is 10.5. The Labute approximate surface area is 316 Å². The van der Waals surface area contributed by atoms with Crippen molar-refractivity contribution < 1.29 is 53.8 Å². The number of guanidine groups is 1. The van der Waals surface area contributed by atoms with Gasteiger partial charge in [-0.05, 0) is 48.1 Å². The number of nitrogens with zero attached hydrogens (tertiary/aromatic N) is 6. The smallest absolute Gasteiger partial charge is 0.407 e. The van der Waals surface area contributed by atoms with E-state index in [1.165, 1.54) is 42.5 Å². The van der Waals surface area contributed by atoms with Gasteiger partial charge < -0.3 is 15.4 Å². The van der Waals surface area contributed by atoms with Crippen LogP contribution in [0.15, 0.2) is 61.2 Å². The second kappa shape index (κ2) is 14.6. The number of halogens is 10. The number of hydrogen-bond donors (Lipinski definition) is 3. The van der Waals surface area contributed by atoms with Crippen molar-refractivity contribution in [3.05, 3.63) is 77.3 Å². The fourth-order valence-electron chi connectivity index (χ4n) is 6.40. The molecule has 12 nitrogen and oxygen atoms in total. The van der Waals surface area contributed by atoms with Crippen LogP contribution in [0.25, 0.3) is 22.5 Å². The molecule has 4 aromatic rings. The maximum absolute atomic E-state index is 14.8. The van der Waals surface area contributed by atoms with Crippen molar-refractivity contribution in [3.63, 3.8) is 0 Å². The van der Waals surface area contributed by atoms with Crippen molar-refractivity contribution in [2.45, 2.75) is 75.9 Å². The van der Waals surface area contributed by atoms with Gasteiger partial charge in [-0.25, -0.2) is 23.2 Å². The number of alkyl carbamates (subject to hydrolysis) is 1. The summed E-state index contributed by atoms with van der Waals surface area (Å²) in [6.45, 7) is -5.32. The maximum atomic E-state index is 14.8. The van der Waals surface area contributed by atoms with E-state index in [4.69, 9.17) is 21.7 Å². The van der Waals surface area contributed by atoms with Gasteiger partial charge in [0.05, 0.1) is 22.7 Å². The Morgan fingerprint density at radius 1 is 1.02 bits per heavy atom. The lowest BCUT2D eigenvalue weighted by molar-refractivity contribution is -0.218. The van der Waals surface area contributed by atoms with E-state index in [9.17, 15) is 49.1 Å². The Morgan fingerprint density at radius 2 is 1.70 bits per heavy atom. The predicted octanol–water partition coefficient (Wildman–Crippen LogP) is 8.06. The first-order valence-corrected chi connectivity index (χ1v) is 17.0. The standard InChI is InChI=1S/C34H31ClF9N9O3/c1-31(2,34(42,43)44)15-33(20-6-3-17(4-7-20)19-12-47-51(13-19)27(38)39)26(54)52(29(45)49-33)23(14-56-30(55)50-32(9-10-32)25(36)37)18-5-8-22(35)21(11-18)24-46-16-48-53(24)28(40)41/h3-8,11-13,16,23,25,27-28H,9-10,14-15H2,1-2H3,(H2,45,49)(H,50,55)/t23-,33-/m1/s1. The monoisotopic (exact) mass is 819 g/mol. The number of hydrogen-bond acceptors (Lipinski definition) is 7. The zero-order valence-corrected chi connectivity index (χ0v) is 29.9. The fraction of sp³-hybridized carbons (Fsp3) is 0.412. The van der Waals surface area contributed by atoms with E-state index in [-0.39, 0.29) is 44.8 Å². The summed E-state index contributed by atoms with van der Waals surface area (Å²) in [5, 5.41) is 20.6. The maximum Gasteiger partial charge on any atom is 0.407 e. The Morgan fingerprint density at radius 3 is 2.27 bits per heavy atom. The molecule has 0 bridgehead atoms. The summed E-state index contributed by atoms with van der Waals surface area (Å²) in [6.07, 6.45) is -7.29. The molecule has 1 aliphatic heterocycles. The van der Waals surface area contributed by atoms with E-state index < -0.39 is 85.0 Å². The summed E-state index contributed by atoms with van der Waals surface area (Å²) in [6, 6.07) is 7.33. The summed E-state index contributed by atoms with van der Waals surface area (Å²) in [5.41, 5.74) is -6.55. The molecule has 0 unspecified atom stereocenters. The van der Waals surface area contributed by atoms with Crippen molar-refractivity contribution in [2.24, 2.45) is 5.41 Å². The molecule has 56 heavy (non-hydrogen) atoms. The first-order chi connectivity index (χ1) is 26.2. The lowest BCUT2D eigenvalue weighted by atomic mass is 9.73. The largest absolute Gasteiger partial charge is 0.447 e. The van der Waals surface area contributed by atoms with Crippen LogP contribution in [0.3, 0.4) is 0 Å². The first-order valence-electron chi connectivity index (χ1n) is 16.6. The van der Waals surface area contributed by atoms with Crippen molar-refractivity contribution in [2.75, 3.05) is 6.61 Å². The van der Waals surface area contributed by atoms with Crippen molar-refractivity contribution in [3.8, 4) is 22.5 Å². The molecule has 2 atom stereocenters. The SMILES string of the molecule is CC(C)(C[C@]1(c2ccc(-c3cnn(C(F)F)c3)cc2)NC(=N)N([C@H](COC(=O)NC2(C(F)F)CC2)c2ccc(Cl)c(-c3ncnn3C(F)F)c2)C1=O)C(F)(F)F. The number of amides is 2. The van der Waals surface area contributed by atoms with Crippen LogP contribution >= 0.6 is 11.6 Å². The molecular weight excluding hydrogens is 789 g/mol. The van der Waals surface area contributed by atoms with E-state index in [0.717, 1.165) is 32.6 Å². The zero-order valence-electron chi connectivity index (χ0n) is 29.1. The molecule has 1 saturated carbocycles. The van der Waals surface area contributed by atoms with Crippen LogP contribution in [0, 0.1) is 10.8 Å². The van der Waals surface area contributed by atoms with Gasteiger partial charge in [0.25, 0.3) is 12.3 Å². The van der Waals surface area contributed by atoms with Gasteiger partial charge in [-0.2, -0.15) is 45.6 Å². The topological polar surface area (TPSA) is 143 Å². The molecule has 2 fully saturated rings. The lowest BCUT2D eigenvalue weighted by Crippen LogP contribution is -2.50. The highest BCUT2D eigenvalue weighted by atomic mass is 35.5. The van der Waals surface area contributed by atoms with Gasteiger partial charge in [-0.1, -0.05) is 55.8 Å². The van der Waals surface area contributed by atoms with Crippen LogP contribution in [-0.4, -0.2) is 72.2 Å². The summed E-state index contributed by atoms with van der Waals surface area (Å²) in [5.74, 6) is -2.35. The van der Waals surface area contributed by atoms with Crippen molar-refractivity contribution in [1.82, 2.24) is 40.1 Å². The Balaban J connectivity index is 1.43. The van der Waals surface area contributed by atoms with E-state index in [1.54, 1.807) is 0 Å². The van der Waals surface area contributed by atoms with E-state index >= 15 is 0 Å². The third-order valence-corrected chi connectivity index (χ3v) is 10.1. The molecular formula is C34H31ClF9N9O3. The summed E-state index contributed by atoms with van der Waals surface area (Å²) < 4.78 is 131. The van der Waals surface area contributed by atoms with Crippen LogP contribution in [-0.2, 0) is 15.1 Å². The molecule has 1 saturated heterocycles. The highest BCUT2D eigenvalue weighted by molar-refractivity contribution is 6.33. The van der Waals surface area contributed by atoms with Crippen LogP contribution in [0.5, 0.6) is 0 Å². The van der Waals surface area contributed by atoms with Crippen molar-refractivity contribution in [1.29, 1.82) is 5.41 Å². The molecule has 3 heterocycles. The Bertz CT molecular complexity index is 2120. The number of carbonyl (C=O) groups excluding carboxylic acids is 2. The number of ether oxygens (including phenoxy) is 1. The second-order valence-corrected chi connectivity index (χ2v) is 14.3. The van der Waals surface area contributed by atoms with Gasteiger partial charge in [-0.3, -0.25) is 15.1 Å². The molecule has 6 rings (SSSR count). The summed E-state index contributed by atoms with van der Waals surface area (Å²) in [7, 11) is 0. The predicted molar refractivity (Wildman–Crippen MR) is 180 cm³/mol. The average molecular weight is 820 g/mol. The normalized spacial score (nSPS) is 18.9. The van der Waals surface area contributed by atoms with E-state index in [2.05, 4.69) is 25.8 Å². The van der Waals surface area contributed by atoms with Gasteiger partial charge in [0.15, 0.2) is 11.8 Å². The molecule has 2 aliphatic rings. The molecule has 2 aromatic heterocycles. The van der Waals surface area contributed by atoms with Gasteiger partial charge in [0.2, 0.25) is 0 Å². The van der Waals surface area contributed by atoms with Gasteiger partial charge in [-0.15, -0.1) is 0 Å². The van der Waals surface area contributed by atoms with Gasteiger partial charge in [0.1, 0.15) is 24.0 Å². The molecule has 2 amide bonds. The fourth-order valence-corrected chi connectivity index (χ4v) is 6.60. The Hall–Kier alpha value is -5.34. The van der Waals surface area contributed by atoms with Crippen molar-refractivity contribution >= 4 is 29.6 Å². The minimum absolute atomic E-state index is 0.0480. The summed E-state index contributed by atoms with van der Waals surface area (Å²) in [4.78, 5) is 32.2. The average Bonchev–Trinajstić information content (AvgIpc) is 3.42. The number of carbonyl (C=O) groups is 2. The van der Waals surface area contributed by atoms with Crippen LogP contribution in [0.2, 0.25) is 5.02 Å². The molecule has 1 aliphatic carbocycles. The number of benzene rings is 2. The highest BCUT2D eigenvalue weighted by Crippen LogP contribution is 2.49. The molecule has 2 aromatic carbocycles. The van der Waals surface area contributed by atoms with E-state index in [1.807, 2.05) is 0 Å². The van der Waals surface area contributed by atoms with Gasteiger partial charge in [0, 0.05) is 17.3 Å². The minimum atomic E-state index is -4.89. The molecule has 3 N–H and O–H groups in total. The van der Waals surface area contributed by atoms with Gasteiger partial charge >= 0.3 is 25.4 Å². The number of nitrogens with one attached hydrogen (secondary N) is 3. The third kappa shape index (κ3) is 7.47. The second-order valence-electron chi connectivity index (χ2n) is 13.9. The van der Waals surface area contributed by atoms with Crippen LogP contribution in [0.1, 0.15) is 63.4 Å². The summed E-state index contributed by atoms with van der Waals surface area (Å²) >= 11 is 6.36. The van der Waals surface area contributed by atoms with Crippen LogP contribution < -0.4 is 10.6 Å².